The molecule has 0 aromatic carbocycles. The lowest BCUT2D eigenvalue weighted by atomic mass is 10.00. The molecule has 0 saturated carbocycles. The minimum Gasteiger partial charge on any atom is -0.480 e. The zero-order chi connectivity index (χ0) is 9.56. The van der Waals surface area contributed by atoms with Crippen molar-refractivity contribution >= 4 is 5.97 Å². The topological polar surface area (TPSA) is 63.3 Å². The Hall–Kier alpha value is -0.570. The van der Waals surface area contributed by atoms with Gasteiger partial charge in [0.2, 0.25) is 0 Å². The Bertz CT molecular complexity index is 136. The highest BCUT2D eigenvalue weighted by molar-refractivity contribution is 5.72. The first-order valence-corrected chi connectivity index (χ1v) is 4.56. The molecule has 12 heavy (non-hydrogen) atoms. The number of hydrogen-bond acceptors (Lipinski definition) is 2. The first kappa shape index (κ1) is 11.4. The normalized spacial score (nSPS) is 15.6. The third kappa shape index (κ3) is 5.13. The van der Waals surface area contributed by atoms with E-state index in [1.165, 1.54) is 0 Å². The van der Waals surface area contributed by atoms with Crippen molar-refractivity contribution in [2.75, 3.05) is 0 Å². The van der Waals surface area contributed by atoms with Crippen LogP contribution in [0.4, 0.5) is 0 Å². The Morgan fingerprint density at radius 3 is 2.50 bits per heavy atom. The third-order valence-corrected chi connectivity index (χ3v) is 2.23. The molecular formula is C9H19NO2. The van der Waals surface area contributed by atoms with Gasteiger partial charge in [-0.3, -0.25) is 4.79 Å². The number of carboxylic acid groups (broad SMARTS) is 1. The summed E-state index contributed by atoms with van der Waals surface area (Å²) in [5.41, 5.74) is 5.34. The zero-order valence-corrected chi connectivity index (χ0v) is 7.92. The largest absolute Gasteiger partial charge is 0.480 e. The van der Waals surface area contributed by atoms with Crippen LogP contribution in [-0.4, -0.2) is 17.1 Å². The summed E-state index contributed by atoms with van der Waals surface area (Å²) in [6.07, 6.45) is 3.75. The average Bonchev–Trinajstić information content (AvgIpc) is 2.03. The molecule has 0 aromatic rings. The van der Waals surface area contributed by atoms with Gasteiger partial charge in [-0.2, -0.15) is 0 Å². The van der Waals surface area contributed by atoms with Crippen molar-refractivity contribution in [3.63, 3.8) is 0 Å². The molecule has 0 saturated heterocycles. The Balaban J connectivity index is 3.37. The fourth-order valence-electron chi connectivity index (χ4n) is 1.01. The van der Waals surface area contributed by atoms with Crippen molar-refractivity contribution in [1.29, 1.82) is 0 Å². The van der Waals surface area contributed by atoms with Gasteiger partial charge in [0.15, 0.2) is 0 Å². The van der Waals surface area contributed by atoms with E-state index in [0.717, 1.165) is 19.3 Å². The van der Waals surface area contributed by atoms with E-state index in [4.69, 9.17) is 10.8 Å². The van der Waals surface area contributed by atoms with Crippen LogP contribution >= 0.6 is 0 Å². The van der Waals surface area contributed by atoms with Gasteiger partial charge >= 0.3 is 5.97 Å². The molecule has 0 bridgehead atoms. The van der Waals surface area contributed by atoms with Crippen molar-refractivity contribution in [2.24, 2.45) is 11.7 Å². The first-order chi connectivity index (χ1) is 5.57. The molecule has 1 unspecified atom stereocenters. The smallest absolute Gasteiger partial charge is 0.320 e. The SMILES string of the molecule is CCC(C)CCC[C@@H](N)C(=O)O. The van der Waals surface area contributed by atoms with Gasteiger partial charge in [-0.15, -0.1) is 0 Å². The fraction of sp³-hybridized carbons (Fsp3) is 0.889. The fourth-order valence-corrected chi connectivity index (χ4v) is 1.01. The molecule has 0 amide bonds. The van der Waals surface area contributed by atoms with Gasteiger partial charge in [-0.25, -0.2) is 0 Å². The minimum absolute atomic E-state index is 0.597. The van der Waals surface area contributed by atoms with E-state index in [-0.39, 0.29) is 0 Å². The molecule has 0 aliphatic carbocycles. The Morgan fingerprint density at radius 2 is 2.08 bits per heavy atom. The van der Waals surface area contributed by atoms with Crippen molar-refractivity contribution in [3.05, 3.63) is 0 Å². The quantitative estimate of drug-likeness (QED) is 0.641. The van der Waals surface area contributed by atoms with Crippen molar-refractivity contribution in [2.45, 2.75) is 45.6 Å². The average molecular weight is 173 g/mol. The molecule has 0 aliphatic heterocycles. The maximum absolute atomic E-state index is 10.3. The molecule has 2 atom stereocenters. The van der Waals surface area contributed by atoms with Crippen LogP contribution in [0.5, 0.6) is 0 Å². The van der Waals surface area contributed by atoms with Crippen LogP contribution < -0.4 is 5.73 Å². The molecule has 72 valence electrons. The highest BCUT2D eigenvalue weighted by Gasteiger charge is 2.10. The molecular weight excluding hydrogens is 154 g/mol. The number of rotatable bonds is 6. The maximum atomic E-state index is 10.3. The summed E-state index contributed by atoms with van der Waals surface area (Å²) in [6.45, 7) is 4.31. The highest BCUT2D eigenvalue weighted by Crippen LogP contribution is 2.11. The van der Waals surface area contributed by atoms with Crippen LogP contribution in [0, 0.1) is 5.92 Å². The second-order valence-electron chi connectivity index (χ2n) is 3.39. The predicted octanol–water partition coefficient (Wildman–Crippen LogP) is 1.61. The molecule has 0 radical (unpaired) electrons. The van der Waals surface area contributed by atoms with Crippen molar-refractivity contribution in [3.8, 4) is 0 Å². The molecule has 0 aliphatic rings. The summed E-state index contributed by atoms with van der Waals surface area (Å²) < 4.78 is 0. The summed E-state index contributed by atoms with van der Waals surface area (Å²) in [4.78, 5) is 10.3. The summed E-state index contributed by atoms with van der Waals surface area (Å²) in [5, 5.41) is 8.48. The van der Waals surface area contributed by atoms with Gasteiger partial charge in [-0.1, -0.05) is 33.1 Å². The monoisotopic (exact) mass is 173 g/mol. The lowest BCUT2D eigenvalue weighted by Crippen LogP contribution is -2.29. The summed E-state index contributed by atoms with van der Waals surface area (Å²) in [7, 11) is 0. The number of nitrogens with two attached hydrogens (primary N) is 1. The van der Waals surface area contributed by atoms with Gasteiger partial charge in [-0.05, 0) is 12.3 Å². The predicted molar refractivity (Wildman–Crippen MR) is 48.9 cm³/mol. The van der Waals surface area contributed by atoms with E-state index in [0.29, 0.717) is 12.3 Å². The number of hydrogen-bond donors (Lipinski definition) is 2. The molecule has 0 spiro atoms. The number of carbonyl (C=O) groups is 1. The zero-order valence-electron chi connectivity index (χ0n) is 7.92. The van der Waals surface area contributed by atoms with E-state index in [1.54, 1.807) is 0 Å². The molecule has 0 aromatic heterocycles. The van der Waals surface area contributed by atoms with Crippen LogP contribution in [-0.2, 0) is 4.79 Å². The Morgan fingerprint density at radius 1 is 1.50 bits per heavy atom. The molecule has 3 heteroatoms. The highest BCUT2D eigenvalue weighted by atomic mass is 16.4. The van der Waals surface area contributed by atoms with Gasteiger partial charge < -0.3 is 10.8 Å². The van der Waals surface area contributed by atoms with E-state index in [1.807, 2.05) is 0 Å². The number of aliphatic carboxylic acids is 1. The van der Waals surface area contributed by atoms with Crippen LogP contribution in [0.25, 0.3) is 0 Å². The molecule has 0 rings (SSSR count). The maximum Gasteiger partial charge on any atom is 0.320 e. The standard InChI is InChI=1S/C9H19NO2/c1-3-7(2)5-4-6-8(10)9(11)12/h7-8H,3-6,10H2,1-2H3,(H,11,12)/t7?,8-/m1/s1. The van der Waals surface area contributed by atoms with Crippen molar-refractivity contribution in [1.82, 2.24) is 0 Å². The Kier molecular flexibility index (Phi) is 5.72. The lowest BCUT2D eigenvalue weighted by Gasteiger charge is -2.09. The van der Waals surface area contributed by atoms with Crippen LogP contribution in [0.3, 0.4) is 0 Å². The van der Waals surface area contributed by atoms with E-state index < -0.39 is 12.0 Å². The summed E-state index contributed by atoms with van der Waals surface area (Å²) in [5.74, 6) is -0.204. The molecule has 0 fully saturated rings. The second kappa shape index (κ2) is 6.00. The Labute approximate surface area is 74.0 Å². The molecule has 0 heterocycles. The van der Waals surface area contributed by atoms with Gasteiger partial charge in [0.25, 0.3) is 0 Å². The van der Waals surface area contributed by atoms with Gasteiger partial charge in [0.05, 0.1) is 0 Å². The van der Waals surface area contributed by atoms with Crippen LogP contribution in [0.1, 0.15) is 39.5 Å². The minimum atomic E-state index is -0.890. The number of carboxylic acids is 1. The van der Waals surface area contributed by atoms with Gasteiger partial charge in [0, 0.05) is 0 Å². The van der Waals surface area contributed by atoms with E-state index in [9.17, 15) is 4.79 Å². The summed E-state index contributed by atoms with van der Waals surface area (Å²) in [6, 6.07) is -0.672. The van der Waals surface area contributed by atoms with Gasteiger partial charge in [0.1, 0.15) is 6.04 Å². The second-order valence-corrected chi connectivity index (χ2v) is 3.39. The molecule has 3 nitrogen and oxygen atoms in total. The third-order valence-electron chi connectivity index (χ3n) is 2.23. The summed E-state index contributed by atoms with van der Waals surface area (Å²) >= 11 is 0. The lowest BCUT2D eigenvalue weighted by molar-refractivity contribution is -0.138. The van der Waals surface area contributed by atoms with E-state index >= 15 is 0 Å². The molecule has 3 N–H and O–H groups in total. The van der Waals surface area contributed by atoms with Crippen molar-refractivity contribution < 1.29 is 9.90 Å². The van der Waals surface area contributed by atoms with Crippen LogP contribution in [0.15, 0.2) is 0 Å². The van der Waals surface area contributed by atoms with Crippen LogP contribution in [0.2, 0.25) is 0 Å². The van der Waals surface area contributed by atoms with E-state index in [2.05, 4.69) is 13.8 Å². The first-order valence-electron chi connectivity index (χ1n) is 4.56.